The molecule has 0 heterocycles. The smallest absolute Gasteiger partial charge is 0.123 e. The summed E-state index contributed by atoms with van der Waals surface area (Å²) >= 11 is 5.24. The van der Waals surface area contributed by atoms with Crippen molar-refractivity contribution in [1.82, 2.24) is 0 Å². The zero-order valence-corrected chi connectivity index (χ0v) is 10.9. The summed E-state index contributed by atoms with van der Waals surface area (Å²) < 4.78 is 13.8. The Balaban J connectivity index is 2.02. The van der Waals surface area contributed by atoms with Gasteiger partial charge < -0.3 is 0 Å². The van der Waals surface area contributed by atoms with Crippen molar-refractivity contribution in [2.45, 2.75) is 10.6 Å². The van der Waals surface area contributed by atoms with E-state index in [4.69, 9.17) is 0 Å². The zero-order valence-electron chi connectivity index (χ0n) is 8.49. The summed E-state index contributed by atoms with van der Waals surface area (Å²) in [6.07, 6.45) is 0. The number of hydrogen-bond acceptors (Lipinski definition) is 1. The molecule has 0 nitrogen and oxygen atoms in total. The largest absolute Gasteiger partial charge is 0.207 e. The highest BCUT2D eigenvalue weighted by Crippen LogP contribution is 2.29. The van der Waals surface area contributed by atoms with Crippen molar-refractivity contribution in [1.29, 1.82) is 0 Å². The minimum Gasteiger partial charge on any atom is -0.207 e. The van der Waals surface area contributed by atoms with Crippen molar-refractivity contribution in [3.8, 4) is 0 Å². The third kappa shape index (κ3) is 3.09. The molecular weight excluding hydrogens is 287 g/mol. The highest BCUT2D eigenvalue weighted by atomic mass is 79.9. The molecule has 0 saturated heterocycles. The monoisotopic (exact) mass is 296 g/mol. The van der Waals surface area contributed by atoms with E-state index in [1.165, 1.54) is 17.0 Å². The SMILES string of the molecule is Fc1ccc(CSc2ccccc2Br)cc1. The Bertz CT molecular complexity index is 468. The van der Waals surface area contributed by atoms with Crippen LogP contribution in [0.15, 0.2) is 57.9 Å². The second kappa shape index (κ2) is 5.51. The highest BCUT2D eigenvalue weighted by Gasteiger charge is 2.00. The van der Waals surface area contributed by atoms with Crippen LogP contribution in [-0.4, -0.2) is 0 Å². The minimum absolute atomic E-state index is 0.186. The molecule has 0 atom stereocenters. The molecular formula is C13H10BrFS. The van der Waals surface area contributed by atoms with Gasteiger partial charge in [0.05, 0.1) is 0 Å². The normalized spacial score (nSPS) is 10.4. The predicted octanol–water partition coefficient (Wildman–Crippen LogP) is 4.88. The number of benzene rings is 2. The molecule has 0 spiro atoms. The fraction of sp³-hybridized carbons (Fsp3) is 0.0769. The fourth-order valence-corrected chi connectivity index (χ4v) is 2.83. The Labute approximate surface area is 107 Å². The molecule has 0 N–H and O–H groups in total. The molecule has 0 saturated carbocycles. The maximum Gasteiger partial charge on any atom is 0.123 e. The first-order valence-corrected chi connectivity index (χ1v) is 6.65. The molecule has 0 aliphatic heterocycles. The maximum atomic E-state index is 12.7. The third-order valence-corrected chi connectivity index (χ3v) is 4.24. The minimum atomic E-state index is -0.186. The van der Waals surface area contributed by atoms with Crippen molar-refractivity contribution in [2.24, 2.45) is 0 Å². The van der Waals surface area contributed by atoms with Crippen LogP contribution in [0.2, 0.25) is 0 Å². The molecule has 2 aromatic carbocycles. The van der Waals surface area contributed by atoms with Gasteiger partial charge in [-0.25, -0.2) is 4.39 Å². The summed E-state index contributed by atoms with van der Waals surface area (Å²) in [6, 6.07) is 14.7. The Morgan fingerprint density at radius 1 is 1.00 bits per heavy atom. The highest BCUT2D eigenvalue weighted by molar-refractivity contribution is 9.10. The molecule has 0 bridgehead atoms. The number of rotatable bonds is 3. The van der Waals surface area contributed by atoms with E-state index >= 15 is 0 Å². The van der Waals surface area contributed by atoms with Crippen molar-refractivity contribution in [2.75, 3.05) is 0 Å². The van der Waals surface area contributed by atoms with Crippen molar-refractivity contribution < 1.29 is 4.39 Å². The van der Waals surface area contributed by atoms with Crippen LogP contribution in [-0.2, 0) is 5.75 Å². The number of halogens is 2. The lowest BCUT2D eigenvalue weighted by molar-refractivity contribution is 0.627. The Hall–Kier alpha value is -0.800. The fourth-order valence-electron chi connectivity index (χ4n) is 1.30. The summed E-state index contributed by atoms with van der Waals surface area (Å²) in [6.45, 7) is 0. The van der Waals surface area contributed by atoms with Gasteiger partial charge in [0.2, 0.25) is 0 Å². The van der Waals surface area contributed by atoms with Crippen LogP contribution in [0.1, 0.15) is 5.56 Å². The van der Waals surface area contributed by atoms with Gasteiger partial charge in [0.15, 0.2) is 0 Å². The number of thioether (sulfide) groups is 1. The van der Waals surface area contributed by atoms with Gasteiger partial charge >= 0.3 is 0 Å². The average Bonchev–Trinajstić information content (AvgIpc) is 2.30. The van der Waals surface area contributed by atoms with Gasteiger partial charge in [0.25, 0.3) is 0 Å². The molecule has 0 unspecified atom stereocenters. The van der Waals surface area contributed by atoms with Crippen LogP contribution in [0.4, 0.5) is 4.39 Å². The zero-order chi connectivity index (χ0) is 11.4. The molecule has 16 heavy (non-hydrogen) atoms. The van der Waals surface area contributed by atoms with Crippen molar-refractivity contribution in [3.63, 3.8) is 0 Å². The first-order chi connectivity index (χ1) is 7.75. The Kier molecular flexibility index (Phi) is 4.02. The summed E-state index contributed by atoms with van der Waals surface area (Å²) in [7, 11) is 0. The van der Waals surface area contributed by atoms with E-state index in [1.54, 1.807) is 11.8 Å². The molecule has 0 aliphatic rings. The molecule has 0 radical (unpaired) electrons. The molecule has 3 heteroatoms. The quantitative estimate of drug-likeness (QED) is 0.728. The van der Waals surface area contributed by atoms with Crippen molar-refractivity contribution in [3.05, 3.63) is 64.4 Å². The molecule has 0 aromatic heterocycles. The van der Waals surface area contributed by atoms with Gasteiger partial charge in [-0.2, -0.15) is 0 Å². The molecule has 2 aromatic rings. The van der Waals surface area contributed by atoms with E-state index in [9.17, 15) is 4.39 Å². The molecule has 0 fully saturated rings. The van der Waals surface area contributed by atoms with Crippen LogP contribution < -0.4 is 0 Å². The second-order valence-corrected chi connectivity index (χ2v) is 5.22. The van der Waals surface area contributed by atoms with Gasteiger partial charge in [-0.05, 0) is 45.8 Å². The van der Waals surface area contributed by atoms with Crippen LogP contribution in [0.3, 0.4) is 0 Å². The van der Waals surface area contributed by atoms with Crippen LogP contribution >= 0.6 is 27.7 Å². The van der Waals surface area contributed by atoms with E-state index in [2.05, 4.69) is 22.0 Å². The Morgan fingerprint density at radius 2 is 1.69 bits per heavy atom. The van der Waals surface area contributed by atoms with E-state index in [0.29, 0.717) is 0 Å². The van der Waals surface area contributed by atoms with Gasteiger partial charge in [0.1, 0.15) is 5.82 Å². The summed E-state index contributed by atoms with van der Waals surface area (Å²) in [5, 5.41) is 0. The van der Waals surface area contributed by atoms with Gasteiger partial charge in [-0.15, -0.1) is 11.8 Å². The standard InChI is InChI=1S/C13H10BrFS/c14-12-3-1-2-4-13(12)16-9-10-5-7-11(15)8-6-10/h1-8H,9H2. The van der Waals surface area contributed by atoms with E-state index in [-0.39, 0.29) is 5.82 Å². The Morgan fingerprint density at radius 3 is 2.38 bits per heavy atom. The summed E-state index contributed by atoms with van der Waals surface area (Å²) in [4.78, 5) is 1.20. The molecule has 82 valence electrons. The van der Waals surface area contributed by atoms with Crippen LogP contribution in [0, 0.1) is 5.82 Å². The maximum absolute atomic E-state index is 12.7. The lowest BCUT2D eigenvalue weighted by Gasteiger charge is -2.04. The lowest BCUT2D eigenvalue weighted by atomic mass is 10.2. The molecule has 2 rings (SSSR count). The van der Waals surface area contributed by atoms with Crippen LogP contribution in [0.5, 0.6) is 0 Å². The number of hydrogen-bond donors (Lipinski definition) is 0. The van der Waals surface area contributed by atoms with E-state index in [1.807, 2.05) is 30.3 Å². The van der Waals surface area contributed by atoms with E-state index in [0.717, 1.165) is 15.8 Å². The van der Waals surface area contributed by atoms with E-state index < -0.39 is 0 Å². The lowest BCUT2D eigenvalue weighted by Crippen LogP contribution is -1.82. The molecule has 0 amide bonds. The summed E-state index contributed by atoms with van der Waals surface area (Å²) in [5.41, 5.74) is 1.13. The first-order valence-electron chi connectivity index (χ1n) is 4.87. The van der Waals surface area contributed by atoms with Crippen LogP contribution in [0.25, 0.3) is 0 Å². The summed E-state index contributed by atoms with van der Waals surface area (Å²) in [5.74, 6) is 0.665. The topological polar surface area (TPSA) is 0 Å². The first kappa shape index (κ1) is 11.7. The van der Waals surface area contributed by atoms with Crippen molar-refractivity contribution >= 4 is 27.7 Å². The predicted molar refractivity (Wildman–Crippen MR) is 70.1 cm³/mol. The third-order valence-electron chi connectivity index (χ3n) is 2.14. The van der Waals surface area contributed by atoms with Gasteiger partial charge in [-0.3, -0.25) is 0 Å². The molecule has 0 aliphatic carbocycles. The average molecular weight is 297 g/mol. The second-order valence-electron chi connectivity index (χ2n) is 3.35. The van der Waals surface area contributed by atoms with Gasteiger partial charge in [-0.1, -0.05) is 24.3 Å². The van der Waals surface area contributed by atoms with Gasteiger partial charge in [0, 0.05) is 15.1 Å².